The van der Waals surface area contributed by atoms with E-state index in [4.69, 9.17) is 11.6 Å². The van der Waals surface area contributed by atoms with Crippen LogP contribution in [0.25, 0.3) is 0 Å². The molecule has 1 heterocycles. The molecule has 17 heavy (non-hydrogen) atoms. The molecule has 88 valence electrons. The van der Waals surface area contributed by atoms with Gasteiger partial charge >= 0.3 is 0 Å². The first-order valence-corrected chi connectivity index (χ1v) is 5.66. The van der Waals surface area contributed by atoms with Gasteiger partial charge in [0.1, 0.15) is 5.69 Å². The van der Waals surface area contributed by atoms with Crippen molar-refractivity contribution in [2.24, 2.45) is 0 Å². The lowest BCUT2D eigenvalue weighted by molar-refractivity contribution is 0.102. The number of hydrogen-bond acceptors (Lipinski definition) is 1. The molecule has 0 aliphatic rings. The maximum absolute atomic E-state index is 11.8. The zero-order chi connectivity index (χ0) is 12.4. The van der Waals surface area contributed by atoms with E-state index in [2.05, 4.69) is 10.3 Å². The molecule has 0 unspecified atom stereocenters. The van der Waals surface area contributed by atoms with E-state index in [0.717, 1.165) is 11.3 Å². The van der Waals surface area contributed by atoms with Gasteiger partial charge in [-0.1, -0.05) is 17.7 Å². The number of rotatable bonds is 2. The molecule has 0 atom stereocenters. The highest BCUT2D eigenvalue weighted by molar-refractivity contribution is 6.31. The van der Waals surface area contributed by atoms with Gasteiger partial charge in [0.25, 0.3) is 5.91 Å². The van der Waals surface area contributed by atoms with Crippen molar-refractivity contribution in [3.8, 4) is 0 Å². The van der Waals surface area contributed by atoms with Crippen LogP contribution in [-0.4, -0.2) is 10.9 Å². The highest BCUT2D eigenvalue weighted by Gasteiger charge is 2.08. The standard InChI is InChI=1S/C13H13ClN2O/c1-8-3-4-11(5-9(8)2)16-13(17)12-6-10(14)7-15-12/h3-7,15H,1-2H3,(H,16,17). The second-order valence-corrected chi connectivity index (χ2v) is 4.42. The number of amides is 1. The van der Waals surface area contributed by atoms with Crippen LogP contribution in [0, 0.1) is 13.8 Å². The van der Waals surface area contributed by atoms with Crippen LogP contribution in [0.2, 0.25) is 5.02 Å². The number of hydrogen-bond donors (Lipinski definition) is 2. The quantitative estimate of drug-likeness (QED) is 0.839. The predicted molar refractivity (Wildman–Crippen MR) is 69.7 cm³/mol. The lowest BCUT2D eigenvalue weighted by atomic mass is 10.1. The molecule has 1 amide bonds. The molecule has 0 aliphatic heterocycles. The summed E-state index contributed by atoms with van der Waals surface area (Å²) in [6.07, 6.45) is 1.58. The molecule has 0 radical (unpaired) electrons. The van der Waals surface area contributed by atoms with Crippen LogP contribution in [-0.2, 0) is 0 Å². The zero-order valence-corrected chi connectivity index (χ0v) is 10.4. The molecular weight excluding hydrogens is 236 g/mol. The van der Waals surface area contributed by atoms with Crippen molar-refractivity contribution >= 4 is 23.2 Å². The Hall–Kier alpha value is -1.74. The summed E-state index contributed by atoms with van der Waals surface area (Å²) in [5, 5.41) is 3.33. The third-order valence-electron chi connectivity index (χ3n) is 2.66. The maximum atomic E-state index is 11.8. The number of carbonyl (C=O) groups excluding carboxylic acids is 1. The summed E-state index contributed by atoms with van der Waals surface area (Å²) in [6, 6.07) is 7.40. The van der Waals surface area contributed by atoms with Gasteiger partial charge in [-0.05, 0) is 43.2 Å². The molecule has 0 saturated heterocycles. The molecular formula is C13H13ClN2O. The van der Waals surface area contributed by atoms with Crippen LogP contribution >= 0.6 is 11.6 Å². The third kappa shape index (κ3) is 2.68. The minimum absolute atomic E-state index is 0.194. The van der Waals surface area contributed by atoms with Gasteiger partial charge in [-0.15, -0.1) is 0 Å². The lowest BCUT2D eigenvalue weighted by Crippen LogP contribution is -2.12. The van der Waals surface area contributed by atoms with Crippen LogP contribution in [0.3, 0.4) is 0 Å². The van der Waals surface area contributed by atoms with Gasteiger partial charge in [-0.2, -0.15) is 0 Å². The number of aromatic nitrogens is 1. The summed E-state index contributed by atoms with van der Waals surface area (Å²) in [5.41, 5.74) is 3.58. The average Bonchev–Trinajstić information content (AvgIpc) is 2.70. The molecule has 2 N–H and O–H groups in total. The van der Waals surface area contributed by atoms with Crippen LogP contribution in [0.4, 0.5) is 5.69 Å². The van der Waals surface area contributed by atoms with Gasteiger partial charge in [-0.25, -0.2) is 0 Å². The first-order valence-electron chi connectivity index (χ1n) is 5.29. The topological polar surface area (TPSA) is 44.9 Å². The van der Waals surface area contributed by atoms with E-state index in [1.807, 2.05) is 32.0 Å². The molecule has 2 aromatic rings. The van der Waals surface area contributed by atoms with Crippen LogP contribution in [0.1, 0.15) is 21.6 Å². The van der Waals surface area contributed by atoms with Crippen molar-refractivity contribution in [3.63, 3.8) is 0 Å². The summed E-state index contributed by atoms with van der Waals surface area (Å²) in [5.74, 6) is -0.194. The van der Waals surface area contributed by atoms with Gasteiger partial charge < -0.3 is 10.3 Å². The Morgan fingerprint density at radius 1 is 1.24 bits per heavy atom. The first-order chi connectivity index (χ1) is 8.06. The number of halogens is 1. The van der Waals surface area contributed by atoms with Gasteiger partial charge in [-0.3, -0.25) is 4.79 Å². The number of nitrogens with one attached hydrogen (secondary N) is 2. The predicted octanol–water partition coefficient (Wildman–Crippen LogP) is 3.54. The molecule has 0 spiro atoms. The van der Waals surface area contributed by atoms with E-state index in [-0.39, 0.29) is 5.91 Å². The van der Waals surface area contributed by atoms with E-state index in [1.54, 1.807) is 12.3 Å². The molecule has 0 fully saturated rings. The number of anilines is 1. The smallest absolute Gasteiger partial charge is 0.272 e. The molecule has 3 nitrogen and oxygen atoms in total. The van der Waals surface area contributed by atoms with Crippen molar-refractivity contribution < 1.29 is 4.79 Å². The van der Waals surface area contributed by atoms with Gasteiger partial charge in [0.2, 0.25) is 0 Å². The second kappa shape index (κ2) is 4.63. The lowest BCUT2D eigenvalue weighted by Gasteiger charge is -2.06. The Kier molecular flexibility index (Phi) is 3.20. The van der Waals surface area contributed by atoms with E-state index in [9.17, 15) is 4.79 Å². The van der Waals surface area contributed by atoms with Crippen LogP contribution in [0.15, 0.2) is 30.5 Å². The SMILES string of the molecule is Cc1ccc(NC(=O)c2cc(Cl)c[nH]2)cc1C. The summed E-state index contributed by atoms with van der Waals surface area (Å²) < 4.78 is 0. The number of carbonyl (C=O) groups is 1. The van der Waals surface area contributed by atoms with E-state index >= 15 is 0 Å². The molecule has 0 aliphatic carbocycles. The van der Waals surface area contributed by atoms with Crippen molar-refractivity contribution in [1.29, 1.82) is 0 Å². The fourth-order valence-electron chi connectivity index (χ4n) is 1.52. The van der Waals surface area contributed by atoms with E-state index in [1.165, 1.54) is 5.56 Å². The molecule has 1 aromatic carbocycles. The fourth-order valence-corrected chi connectivity index (χ4v) is 1.68. The Morgan fingerprint density at radius 2 is 2.00 bits per heavy atom. The van der Waals surface area contributed by atoms with Crippen LogP contribution in [0.5, 0.6) is 0 Å². The number of aryl methyl sites for hydroxylation is 2. The zero-order valence-electron chi connectivity index (χ0n) is 9.67. The first kappa shape index (κ1) is 11.7. The Labute approximate surface area is 105 Å². The molecule has 0 bridgehead atoms. The van der Waals surface area contributed by atoms with Gasteiger partial charge in [0.15, 0.2) is 0 Å². The van der Waals surface area contributed by atoms with Crippen molar-refractivity contribution in [3.05, 3.63) is 52.3 Å². The monoisotopic (exact) mass is 248 g/mol. The van der Waals surface area contributed by atoms with Gasteiger partial charge in [0, 0.05) is 11.9 Å². The summed E-state index contributed by atoms with van der Waals surface area (Å²) in [6.45, 7) is 4.04. The Bertz CT molecular complexity index is 560. The van der Waals surface area contributed by atoms with E-state index < -0.39 is 0 Å². The summed E-state index contributed by atoms with van der Waals surface area (Å²) in [4.78, 5) is 14.6. The molecule has 2 rings (SSSR count). The fraction of sp³-hybridized carbons (Fsp3) is 0.154. The molecule has 4 heteroatoms. The third-order valence-corrected chi connectivity index (χ3v) is 2.88. The van der Waals surface area contributed by atoms with E-state index in [0.29, 0.717) is 10.7 Å². The number of H-pyrrole nitrogens is 1. The minimum atomic E-state index is -0.194. The normalized spacial score (nSPS) is 10.3. The van der Waals surface area contributed by atoms with Crippen LogP contribution < -0.4 is 5.32 Å². The van der Waals surface area contributed by atoms with Crippen molar-refractivity contribution in [2.75, 3.05) is 5.32 Å². The minimum Gasteiger partial charge on any atom is -0.356 e. The molecule has 0 saturated carbocycles. The van der Waals surface area contributed by atoms with Gasteiger partial charge in [0.05, 0.1) is 5.02 Å². The maximum Gasteiger partial charge on any atom is 0.272 e. The van der Waals surface area contributed by atoms with Crippen molar-refractivity contribution in [1.82, 2.24) is 4.98 Å². The summed E-state index contributed by atoms with van der Waals surface area (Å²) in [7, 11) is 0. The summed E-state index contributed by atoms with van der Waals surface area (Å²) >= 11 is 5.74. The second-order valence-electron chi connectivity index (χ2n) is 3.98. The average molecular weight is 249 g/mol. The Morgan fingerprint density at radius 3 is 2.59 bits per heavy atom. The molecule has 1 aromatic heterocycles. The largest absolute Gasteiger partial charge is 0.356 e. The van der Waals surface area contributed by atoms with Crippen molar-refractivity contribution in [2.45, 2.75) is 13.8 Å². The highest BCUT2D eigenvalue weighted by Crippen LogP contribution is 2.16. The highest BCUT2D eigenvalue weighted by atomic mass is 35.5. The Balaban J connectivity index is 2.15. The number of benzene rings is 1. The number of aromatic amines is 1.